The highest BCUT2D eigenvalue weighted by Crippen LogP contribution is 2.25. The summed E-state index contributed by atoms with van der Waals surface area (Å²) in [5.41, 5.74) is 1.32. The van der Waals surface area contributed by atoms with Crippen molar-refractivity contribution in [2.24, 2.45) is 0 Å². The minimum atomic E-state index is -0.0818. The van der Waals surface area contributed by atoms with Gasteiger partial charge in [0.05, 0.1) is 12.6 Å². The van der Waals surface area contributed by atoms with Crippen LogP contribution in [0.25, 0.3) is 0 Å². The lowest BCUT2D eigenvalue weighted by Crippen LogP contribution is -2.56. The first-order chi connectivity index (χ1) is 13.1. The van der Waals surface area contributed by atoms with E-state index in [4.69, 9.17) is 0 Å². The van der Waals surface area contributed by atoms with Crippen molar-refractivity contribution >= 4 is 23.2 Å². The van der Waals surface area contributed by atoms with Crippen molar-refractivity contribution in [3.8, 4) is 0 Å². The fourth-order valence-corrected chi connectivity index (χ4v) is 5.31. The van der Waals surface area contributed by atoms with E-state index in [1.165, 1.54) is 10.4 Å². The largest absolute Gasteiger partial charge is 0.342 e. The summed E-state index contributed by atoms with van der Waals surface area (Å²) < 4.78 is 0. The molecule has 0 radical (unpaired) electrons. The quantitative estimate of drug-likeness (QED) is 0.777. The number of thiophene rings is 1. The molecular formula is C20H30N4O2S. The predicted molar refractivity (Wildman–Crippen MR) is 107 cm³/mol. The second kappa shape index (κ2) is 8.29. The fraction of sp³-hybridized carbons (Fsp3) is 0.700. The fourth-order valence-electron chi connectivity index (χ4n) is 4.42. The Labute approximate surface area is 165 Å². The highest BCUT2D eigenvalue weighted by atomic mass is 32.1. The molecule has 4 heterocycles. The van der Waals surface area contributed by atoms with E-state index >= 15 is 0 Å². The van der Waals surface area contributed by atoms with Crippen molar-refractivity contribution in [1.82, 2.24) is 19.6 Å². The number of hydrogen-bond acceptors (Lipinski definition) is 5. The monoisotopic (exact) mass is 390 g/mol. The van der Waals surface area contributed by atoms with Crippen molar-refractivity contribution in [3.05, 3.63) is 21.9 Å². The first-order valence-corrected chi connectivity index (χ1v) is 11.1. The number of carbonyl (C=O) groups is 2. The molecule has 4 rings (SSSR count). The third kappa shape index (κ3) is 4.20. The molecule has 0 spiro atoms. The molecule has 1 aromatic rings. The molecule has 2 saturated heterocycles. The molecule has 1 aromatic heterocycles. The van der Waals surface area contributed by atoms with Crippen LogP contribution >= 0.6 is 11.3 Å². The minimum Gasteiger partial charge on any atom is -0.342 e. The SMILES string of the molecule is C[C@H](C(=O)N1CCc2sccc2C1)N1CCN(CC(=O)N2CCCC2)CC1. The summed E-state index contributed by atoms with van der Waals surface area (Å²) in [4.78, 5) is 35.3. The second-order valence-corrected chi connectivity index (χ2v) is 8.96. The lowest BCUT2D eigenvalue weighted by atomic mass is 10.1. The molecule has 2 amide bonds. The van der Waals surface area contributed by atoms with E-state index < -0.39 is 0 Å². The van der Waals surface area contributed by atoms with Gasteiger partial charge in [0, 0.05) is 57.2 Å². The molecule has 3 aliphatic heterocycles. The van der Waals surface area contributed by atoms with Gasteiger partial charge in [-0.2, -0.15) is 0 Å². The van der Waals surface area contributed by atoms with Gasteiger partial charge in [0.15, 0.2) is 0 Å². The first-order valence-electron chi connectivity index (χ1n) is 10.2. The molecule has 27 heavy (non-hydrogen) atoms. The standard InChI is InChI=1S/C20H30N4O2S/c1-16(20(26)24-8-4-18-17(14-24)5-13-27-18)22-11-9-21(10-12-22)15-19(25)23-6-2-3-7-23/h5,13,16H,2-4,6-12,14-15H2,1H3/t16-/m1/s1. The van der Waals surface area contributed by atoms with Crippen LogP contribution in [0, 0.1) is 0 Å². The Bertz CT molecular complexity index is 677. The summed E-state index contributed by atoms with van der Waals surface area (Å²) in [6.45, 7) is 9.46. The normalized spacial score (nSPS) is 22.7. The molecule has 3 aliphatic rings. The van der Waals surface area contributed by atoms with Gasteiger partial charge in [-0.25, -0.2) is 0 Å². The number of amides is 2. The average Bonchev–Trinajstić information content (AvgIpc) is 3.38. The average molecular weight is 391 g/mol. The Morgan fingerprint density at radius 3 is 2.52 bits per heavy atom. The lowest BCUT2D eigenvalue weighted by Gasteiger charge is -2.39. The maximum Gasteiger partial charge on any atom is 0.239 e. The van der Waals surface area contributed by atoms with E-state index in [0.29, 0.717) is 6.54 Å². The predicted octanol–water partition coefficient (Wildman–Crippen LogP) is 1.26. The molecule has 148 valence electrons. The molecule has 0 saturated carbocycles. The number of hydrogen-bond donors (Lipinski definition) is 0. The third-order valence-corrected chi connectivity index (χ3v) is 7.27. The van der Waals surface area contributed by atoms with Crippen LogP contribution in [-0.4, -0.2) is 89.8 Å². The third-order valence-electron chi connectivity index (χ3n) is 6.25. The summed E-state index contributed by atoms with van der Waals surface area (Å²) in [7, 11) is 0. The van der Waals surface area contributed by atoms with Crippen LogP contribution in [0.2, 0.25) is 0 Å². The van der Waals surface area contributed by atoms with Gasteiger partial charge in [-0.1, -0.05) is 0 Å². The lowest BCUT2D eigenvalue weighted by molar-refractivity contribution is -0.139. The Morgan fingerprint density at radius 2 is 1.78 bits per heavy atom. The van der Waals surface area contributed by atoms with E-state index in [0.717, 1.165) is 71.6 Å². The molecule has 7 heteroatoms. The van der Waals surface area contributed by atoms with Crippen molar-refractivity contribution in [1.29, 1.82) is 0 Å². The van der Waals surface area contributed by atoms with Gasteiger partial charge in [-0.15, -0.1) is 11.3 Å². The number of rotatable bonds is 4. The van der Waals surface area contributed by atoms with Gasteiger partial charge in [0.2, 0.25) is 11.8 Å². The van der Waals surface area contributed by atoms with Crippen LogP contribution in [0.5, 0.6) is 0 Å². The molecular weight excluding hydrogens is 360 g/mol. The zero-order chi connectivity index (χ0) is 18.8. The maximum absolute atomic E-state index is 13.0. The van der Waals surface area contributed by atoms with E-state index in [1.54, 1.807) is 11.3 Å². The summed E-state index contributed by atoms with van der Waals surface area (Å²) in [6.07, 6.45) is 3.27. The van der Waals surface area contributed by atoms with Crippen LogP contribution < -0.4 is 0 Å². The number of likely N-dealkylation sites (tertiary alicyclic amines) is 1. The zero-order valence-corrected chi connectivity index (χ0v) is 17.0. The van der Waals surface area contributed by atoms with Gasteiger partial charge < -0.3 is 9.80 Å². The van der Waals surface area contributed by atoms with Crippen molar-refractivity contribution < 1.29 is 9.59 Å². The second-order valence-electron chi connectivity index (χ2n) is 7.95. The van der Waals surface area contributed by atoms with Crippen LogP contribution in [0.1, 0.15) is 30.2 Å². The number of piperazine rings is 1. The maximum atomic E-state index is 13.0. The Hall–Kier alpha value is -1.44. The van der Waals surface area contributed by atoms with Gasteiger partial charge in [0.25, 0.3) is 0 Å². The van der Waals surface area contributed by atoms with E-state index in [2.05, 4.69) is 21.2 Å². The van der Waals surface area contributed by atoms with E-state index in [1.807, 2.05) is 16.7 Å². The molecule has 0 N–H and O–H groups in total. The smallest absolute Gasteiger partial charge is 0.239 e. The summed E-state index contributed by atoms with van der Waals surface area (Å²) >= 11 is 1.80. The summed E-state index contributed by atoms with van der Waals surface area (Å²) in [5, 5.41) is 2.13. The number of nitrogens with zero attached hydrogens (tertiary/aromatic N) is 4. The van der Waals surface area contributed by atoms with Gasteiger partial charge in [-0.3, -0.25) is 19.4 Å². The zero-order valence-electron chi connectivity index (χ0n) is 16.2. The molecule has 1 atom stereocenters. The van der Waals surface area contributed by atoms with Crippen molar-refractivity contribution in [2.75, 3.05) is 52.4 Å². The van der Waals surface area contributed by atoms with Gasteiger partial charge in [0.1, 0.15) is 0 Å². The van der Waals surface area contributed by atoms with Gasteiger partial charge >= 0.3 is 0 Å². The Morgan fingerprint density at radius 1 is 1.04 bits per heavy atom. The van der Waals surface area contributed by atoms with Crippen molar-refractivity contribution in [3.63, 3.8) is 0 Å². The molecule has 0 unspecified atom stereocenters. The molecule has 0 aliphatic carbocycles. The summed E-state index contributed by atoms with van der Waals surface area (Å²) in [6, 6.07) is 2.07. The van der Waals surface area contributed by atoms with Crippen LogP contribution in [-0.2, 0) is 22.6 Å². The number of carbonyl (C=O) groups excluding carboxylic acids is 2. The highest BCUT2D eigenvalue weighted by molar-refractivity contribution is 7.10. The minimum absolute atomic E-state index is 0.0818. The highest BCUT2D eigenvalue weighted by Gasteiger charge is 2.31. The molecule has 6 nitrogen and oxygen atoms in total. The van der Waals surface area contributed by atoms with Crippen LogP contribution in [0.3, 0.4) is 0 Å². The summed E-state index contributed by atoms with van der Waals surface area (Å²) in [5.74, 6) is 0.512. The van der Waals surface area contributed by atoms with Gasteiger partial charge in [-0.05, 0) is 43.2 Å². The van der Waals surface area contributed by atoms with Crippen LogP contribution in [0.15, 0.2) is 11.4 Å². The first kappa shape index (κ1) is 18.9. The Kier molecular flexibility index (Phi) is 5.80. The van der Waals surface area contributed by atoms with Crippen LogP contribution in [0.4, 0.5) is 0 Å². The van der Waals surface area contributed by atoms with Crippen molar-refractivity contribution in [2.45, 2.75) is 38.8 Å². The molecule has 0 aromatic carbocycles. The Balaban J connectivity index is 1.25. The van der Waals surface area contributed by atoms with E-state index in [9.17, 15) is 9.59 Å². The topological polar surface area (TPSA) is 47.1 Å². The number of fused-ring (bicyclic) bond motifs is 1. The molecule has 0 bridgehead atoms. The van der Waals surface area contributed by atoms with E-state index in [-0.39, 0.29) is 17.9 Å². The molecule has 2 fully saturated rings.